The SMILES string of the molecule is Cc1ccc(C2OC3(C)OC(=N)C(C#N)(C3C)C2(C#N)C#N)cc1. The van der Waals surface area contributed by atoms with Crippen LogP contribution in [0.3, 0.4) is 0 Å². The summed E-state index contributed by atoms with van der Waals surface area (Å²) in [6.07, 6.45) is -0.989. The molecule has 0 amide bonds. The molecular formula is C18H16N4O2. The van der Waals surface area contributed by atoms with E-state index in [2.05, 4.69) is 6.07 Å². The van der Waals surface area contributed by atoms with Crippen molar-refractivity contribution >= 4 is 5.90 Å². The van der Waals surface area contributed by atoms with E-state index < -0.39 is 28.6 Å². The number of rotatable bonds is 1. The minimum absolute atomic E-state index is 0.377. The molecule has 2 heterocycles. The highest BCUT2D eigenvalue weighted by molar-refractivity contribution is 5.89. The second-order valence-electron chi connectivity index (χ2n) is 6.53. The molecule has 1 aromatic rings. The maximum Gasteiger partial charge on any atom is 0.214 e. The van der Waals surface area contributed by atoms with Crippen LogP contribution in [-0.4, -0.2) is 11.7 Å². The molecule has 2 fully saturated rings. The summed E-state index contributed by atoms with van der Waals surface area (Å²) in [5.41, 5.74) is -1.92. The quantitative estimate of drug-likeness (QED) is 0.854. The molecule has 1 N–H and O–H groups in total. The van der Waals surface area contributed by atoms with Crippen molar-refractivity contribution < 1.29 is 9.47 Å². The van der Waals surface area contributed by atoms with E-state index in [-0.39, 0.29) is 5.90 Å². The Morgan fingerprint density at radius 2 is 1.67 bits per heavy atom. The van der Waals surface area contributed by atoms with Crippen molar-refractivity contribution in [3.63, 3.8) is 0 Å². The molecule has 0 spiro atoms. The van der Waals surface area contributed by atoms with Crippen LogP contribution in [0, 0.1) is 63.1 Å². The van der Waals surface area contributed by atoms with E-state index in [1.807, 2.05) is 31.2 Å². The van der Waals surface area contributed by atoms with Gasteiger partial charge in [0.25, 0.3) is 0 Å². The van der Waals surface area contributed by atoms with Crippen molar-refractivity contribution in [3.05, 3.63) is 35.4 Å². The van der Waals surface area contributed by atoms with Crippen molar-refractivity contribution in [1.29, 1.82) is 21.2 Å². The molecule has 3 rings (SSSR count). The van der Waals surface area contributed by atoms with Gasteiger partial charge in [0, 0.05) is 6.92 Å². The highest BCUT2D eigenvalue weighted by Crippen LogP contribution is 2.66. The lowest BCUT2D eigenvalue weighted by molar-refractivity contribution is -0.268. The van der Waals surface area contributed by atoms with Crippen LogP contribution in [0.2, 0.25) is 0 Å². The minimum Gasteiger partial charge on any atom is -0.448 e. The molecule has 1 aromatic carbocycles. The first-order valence-corrected chi connectivity index (χ1v) is 7.57. The highest BCUT2D eigenvalue weighted by atomic mass is 16.7. The van der Waals surface area contributed by atoms with Crippen LogP contribution in [0.4, 0.5) is 0 Å². The van der Waals surface area contributed by atoms with Crippen LogP contribution in [0.25, 0.3) is 0 Å². The van der Waals surface area contributed by atoms with Crippen LogP contribution in [0.5, 0.6) is 0 Å². The van der Waals surface area contributed by atoms with Gasteiger partial charge in [0.1, 0.15) is 6.10 Å². The van der Waals surface area contributed by atoms with Crippen LogP contribution in [-0.2, 0) is 9.47 Å². The zero-order valence-electron chi connectivity index (χ0n) is 13.6. The molecule has 0 aromatic heterocycles. The summed E-state index contributed by atoms with van der Waals surface area (Å²) in [5, 5.41) is 37.9. The highest BCUT2D eigenvalue weighted by Gasteiger charge is 2.78. The van der Waals surface area contributed by atoms with E-state index in [4.69, 9.17) is 14.9 Å². The number of hydrogen-bond acceptors (Lipinski definition) is 6. The third-order valence-electron chi connectivity index (χ3n) is 5.38. The predicted octanol–water partition coefficient (Wildman–Crippen LogP) is 2.97. The van der Waals surface area contributed by atoms with Gasteiger partial charge in [0.15, 0.2) is 5.41 Å². The monoisotopic (exact) mass is 320 g/mol. The van der Waals surface area contributed by atoms with Crippen molar-refractivity contribution in [2.75, 3.05) is 0 Å². The normalized spacial score (nSPS) is 36.1. The van der Waals surface area contributed by atoms with Crippen molar-refractivity contribution in [2.45, 2.75) is 32.7 Å². The van der Waals surface area contributed by atoms with E-state index in [9.17, 15) is 15.8 Å². The second-order valence-corrected chi connectivity index (χ2v) is 6.53. The third kappa shape index (κ3) is 1.58. The maximum atomic E-state index is 9.91. The Morgan fingerprint density at radius 1 is 1.08 bits per heavy atom. The van der Waals surface area contributed by atoms with E-state index in [1.165, 1.54) is 0 Å². The molecule has 6 heteroatoms. The maximum absolute atomic E-state index is 9.91. The Bertz CT molecular complexity index is 828. The zero-order valence-corrected chi connectivity index (χ0v) is 13.6. The number of nitrogens with zero attached hydrogens (tertiary/aromatic N) is 3. The molecule has 0 saturated carbocycles. The number of ether oxygens (including phenoxy) is 2. The molecule has 6 nitrogen and oxygen atoms in total. The Labute approximate surface area is 140 Å². The average Bonchev–Trinajstić information content (AvgIpc) is 2.71. The molecule has 120 valence electrons. The van der Waals surface area contributed by atoms with Crippen molar-refractivity contribution in [3.8, 4) is 18.2 Å². The van der Waals surface area contributed by atoms with Crippen molar-refractivity contribution in [2.24, 2.45) is 16.7 Å². The van der Waals surface area contributed by atoms with Gasteiger partial charge >= 0.3 is 0 Å². The van der Waals surface area contributed by atoms with Gasteiger partial charge in [0.05, 0.1) is 24.1 Å². The van der Waals surface area contributed by atoms with Crippen LogP contribution >= 0.6 is 0 Å². The minimum atomic E-state index is -1.87. The fourth-order valence-electron chi connectivity index (χ4n) is 3.75. The van der Waals surface area contributed by atoms with Gasteiger partial charge in [0.2, 0.25) is 17.1 Å². The average molecular weight is 320 g/mol. The predicted molar refractivity (Wildman–Crippen MR) is 83.1 cm³/mol. The van der Waals surface area contributed by atoms with Gasteiger partial charge < -0.3 is 9.47 Å². The third-order valence-corrected chi connectivity index (χ3v) is 5.38. The molecule has 2 aliphatic rings. The summed E-state index contributed by atoms with van der Waals surface area (Å²) < 4.78 is 11.6. The lowest BCUT2D eigenvalue weighted by atomic mass is 9.54. The molecule has 0 aliphatic carbocycles. The van der Waals surface area contributed by atoms with E-state index >= 15 is 0 Å². The Balaban J connectivity index is 2.31. The molecule has 4 atom stereocenters. The van der Waals surface area contributed by atoms with E-state index in [0.717, 1.165) is 5.56 Å². The number of benzene rings is 1. The molecule has 2 bridgehead atoms. The molecule has 0 radical (unpaired) electrons. The van der Waals surface area contributed by atoms with Gasteiger partial charge in [-0.15, -0.1) is 0 Å². The van der Waals surface area contributed by atoms with Gasteiger partial charge in [-0.05, 0) is 12.5 Å². The topological polar surface area (TPSA) is 114 Å². The van der Waals surface area contributed by atoms with Gasteiger partial charge in [-0.3, -0.25) is 5.41 Å². The molecule has 4 unspecified atom stereocenters. The standard InChI is InChI=1S/C18H16N4O2/c1-11-4-6-13(7-5-11)14-17(8-19,9-20)18(10-21)12(2)16(3,23-14)24-15(18)22/h4-7,12,14,22H,1-3H3. The van der Waals surface area contributed by atoms with Crippen LogP contribution < -0.4 is 0 Å². The zero-order chi connectivity index (χ0) is 17.8. The largest absolute Gasteiger partial charge is 0.448 e. The van der Waals surface area contributed by atoms with Gasteiger partial charge in [-0.25, -0.2) is 0 Å². The van der Waals surface area contributed by atoms with Crippen LogP contribution in [0.1, 0.15) is 31.1 Å². The second kappa shape index (κ2) is 4.81. The summed E-state index contributed by atoms with van der Waals surface area (Å²) in [6, 6.07) is 13.3. The Kier molecular flexibility index (Phi) is 3.20. The number of fused-ring (bicyclic) bond motifs is 2. The summed E-state index contributed by atoms with van der Waals surface area (Å²) in [6.45, 7) is 5.25. The smallest absolute Gasteiger partial charge is 0.214 e. The first-order chi connectivity index (χ1) is 11.3. The molecule has 2 saturated heterocycles. The summed E-state index contributed by atoms with van der Waals surface area (Å²) >= 11 is 0. The lowest BCUT2D eigenvalue weighted by Gasteiger charge is -2.47. The summed E-state index contributed by atoms with van der Waals surface area (Å²) in [5.74, 6) is -2.25. The fraction of sp³-hybridized carbons (Fsp3) is 0.444. The number of hydrogen-bond donors (Lipinski definition) is 1. The van der Waals surface area contributed by atoms with Crippen molar-refractivity contribution in [1.82, 2.24) is 0 Å². The van der Waals surface area contributed by atoms with E-state index in [1.54, 1.807) is 26.0 Å². The Morgan fingerprint density at radius 3 is 2.17 bits per heavy atom. The van der Waals surface area contributed by atoms with Crippen LogP contribution in [0.15, 0.2) is 24.3 Å². The fourth-order valence-corrected chi connectivity index (χ4v) is 3.75. The molecule has 24 heavy (non-hydrogen) atoms. The number of nitriles is 3. The summed E-state index contributed by atoms with van der Waals surface area (Å²) in [4.78, 5) is 0. The first-order valence-electron chi connectivity index (χ1n) is 7.57. The summed E-state index contributed by atoms with van der Waals surface area (Å²) in [7, 11) is 0. The molecule has 2 aliphatic heterocycles. The Hall–Kier alpha value is -2.88. The number of nitrogens with one attached hydrogen (secondary N) is 1. The van der Waals surface area contributed by atoms with E-state index in [0.29, 0.717) is 5.56 Å². The van der Waals surface area contributed by atoms with Gasteiger partial charge in [-0.1, -0.05) is 36.8 Å². The van der Waals surface area contributed by atoms with Gasteiger partial charge in [-0.2, -0.15) is 15.8 Å². The molecular weight excluding hydrogens is 304 g/mol. The lowest BCUT2D eigenvalue weighted by Crippen LogP contribution is -2.57. The number of aryl methyl sites for hydroxylation is 1. The first kappa shape index (κ1) is 16.0.